The van der Waals surface area contributed by atoms with E-state index in [2.05, 4.69) is 10.1 Å². The smallest absolute Gasteiger partial charge is 0.147 e. The van der Waals surface area contributed by atoms with Crippen LogP contribution in [0.15, 0.2) is 35.5 Å². The van der Waals surface area contributed by atoms with Crippen LogP contribution in [0.3, 0.4) is 0 Å². The van der Waals surface area contributed by atoms with Crippen molar-refractivity contribution in [2.75, 3.05) is 26.8 Å². The van der Waals surface area contributed by atoms with Crippen molar-refractivity contribution in [3.63, 3.8) is 0 Å². The lowest BCUT2D eigenvalue weighted by Crippen LogP contribution is -2.38. The number of amidine groups is 1. The van der Waals surface area contributed by atoms with E-state index in [1.54, 1.807) is 7.11 Å². The molecule has 1 aromatic rings. The van der Waals surface area contributed by atoms with Crippen LogP contribution in [0.1, 0.15) is 24.3 Å². The molecule has 0 bridgehead atoms. The molecule has 1 unspecified atom stereocenters. The molecule has 20 heavy (non-hydrogen) atoms. The zero-order valence-electron chi connectivity index (χ0n) is 11.9. The van der Waals surface area contributed by atoms with E-state index in [9.17, 15) is 0 Å². The molecule has 110 valence electrons. The predicted molar refractivity (Wildman–Crippen MR) is 79.1 cm³/mol. The first kappa shape index (κ1) is 14.8. The molecule has 0 aromatic heterocycles. The Bertz CT molecular complexity index is 432. The van der Waals surface area contributed by atoms with E-state index in [0.717, 1.165) is 18.7 Å². The summed E-state index contributed by atoms with van der Waals surface area (Å²) >= 11 is 0. The van der Waals surface area contributed by atoms with Crippen LogP contribution >= 0.6 is 0 Å². The Kier molecular flexibility index (Phi) is 5.38. The van der Waals surface area contributed by atoms with Crippen molar-refractivity contribution in [1.82, 2.24) is 4.90 Å². The molecular weight excluding hydrogens is 254 g/mol. The van der Waals surface area contributed by atoms with Crippen molar-refractivity contribution < 1.29 is 9.94 Å². The zero-order chi connectivity index (χ0) is 14.4. The summed E-state index contributed by atoms with van der Waals surface area (Å²) in [6, 6.07) is 10.6. The zero-order valence-corrected chi connectivity index (χ0v) is 11.9. The van der Waals surface area contributed by atoms with E-state index in [1.165, 1.54) is 12.8 Å². The standard InChI is InChI=1S/C15H23N3O2/c1-20-10-9-18(13-7-8-13)11-14(15(16)17-19)12-5-3-2-4-6-12/h2-6,13-14,19H,7-11H2,1H3,(H2,16,17). The maximum absolute atomic E-state index is 9.03. The second-order valence-electron chi connectivity index (χ2n) is 5.21. The minimum atomic E-state index is -0.0846. The lowest BCUT2D eigenvalue weighted by Gasteiger charge is -2.27. The Morgan fingerprint density at radius 1 is 1.45 bits per heavy atom. The Morgan fingerprint density at radius 2 is 2.15 bits per heavy atom. The number of nitrogens with zero attached hydrogens (tertiary/aromatic N) is 2. The number of oxime groups is 1. The highest BCUT2D eigenvalue weighted by Gasteiger charge is 2.31. The van der Waals surface area contributed by atoms with Crippen LogP contribution in [0.5, 0.6) is 0 Å². The van der Waals surface area contributed by atoms with Gasteiger partial charge in [0, 0.05) is 26.2 Å². The molecule has 1 fully saturated rings. The number of hydrogen-bond acceptors (Lipinski definition) is 4. The summed E-state index contributed by atoms with van der Waals surface area (Å²) in [4.78, 5) is 2.37. The molecule has 5 heteroatoms. The molecule has 1 saturated carbocycles. The Hall–Kier alpha value is -1.59. The van der Waals surface area contributed by atoms with E-state index in [4.69, 9.17) is 15.7 Å². The SMILES string of the molecule is COCCN(CC(C(N)=NO)c1ccccc1)C1CC1. The van der Waals surface area contributed by atoms with Gasteiger partial charge in [-0.2, -0.15) is 0 Å². The van der Waals surface area contributed by atoms with Crippen LogP contribution in [-0.2, 0) is 4.74 Å². The molecule has 0 heterocycles. The molecule has 0 spiro atoms. The molecule has 5 nitrogen and oxygen atoms in total. The highest BCUT2D eigenvalue weighted by molar-refractivity contribution is 5.87. The van der Waals surface area contributed by atoms with Crippen molar-refractivity contribution in [2.45, 2.75) is 24.8 Å². The lowest BCUT2D eigenvalue weighted by atomic mass is 9.97. The van der Waals surface area contributed by atoms with Crippen LogP contribution in [-0.4, -0.2) is 48.8 Å². The quantitative estimate of drug-likeness (QED) is 0.328. The van der Waals surface area contributed by atoms with Gasteiger partial charge >= 0.3 is 0 Å². The Morgan fingerprint density at radius 3 is 2.70 bits per heavy atom. The number of rotatable bonds is 8. The largest absolute Gasteiger partial charge is 0.409 e. The first-order valence-electron chi connectivity index (χ1n) is 7.01. The number of benzene rings is 1. The normalized spacial score (nSPS) is 17.4. The van der Waals surface area contributed by atoms with Gasteiger partial charge in [0.25, 0.3) is 0 Å². The van der Waals surface area contributed by atoms with Crippen molar-refractivity contribution in [3.05, 3.63) is 35.9 Å². The summed E-state index contributed by atoms with van der Waals surface area (Å²) in [5.41, 5.74) is 6.96. The Labute approximate surface area is 120 Å². The highest BCUT2D eigenvalue weighted by Crippen LogP contribution is 2.29. The summed E-state index contributed by atoms with van der Waals surface area (Å²) in [5.74, 6) is 0.179. The van der Waals surface area contributed by atoms with Crippen molar-refractivity contribution in [2.24, 2.45) is 10.9 Å². The van der Waals surface area contributed by atoms with Gasteiger partial charge in [-0.05, 0) is 18.4 Å². The van der Waals surface area contributed by atoms with E-state index in [0.29, 0.717) is 12.6 Å². The summed E-state index contributed by atoms with van der Waals surface area (Å²) in [6.07, 6.45) is 2.45. The summed E-state index contributed by atoms with van der Waals surface area (Å²) in [6.45, 7) is 2.34. The van der Waals surface area contributed by atoms with Gasteiger partial charge in [0.05, 0.1) is 12.5 Å². The summed E-state index contributed by atoms with van der Waals surface area (Å²) < 4.78 is 5.17. The van der Waals surface area contributed by atoms with E-state index < -0.39 is 0 Å². The number of ether oxygens (including phenoxy) is 1. The molecule has 0 aliphatic heterocycles. The topological polar surface area (TPSA) is 71.1 Å². The fraction of sp³-hybridized carbons (Fsp3) is 0.533. The van der Waals surface area contributed by atoms with E-state index in [1.807, 2.05) is 30.3 Å². The number of methoxy groups -OCH3 is 1. The predicted octanol–water partition coefficient (Wildman–Crippen LogP) is 1.63. The number of nitrogens with two attached hydrogens (primary N) is 1. The van der Waals surface area contributed by atoms with Gasteiger partial charge in [-0.3, -0.25) is 4.90 Å². The average molecular weight is 277 g/mol. The average Bonchev–Trinajstić information content (AvgIpc) is 3.32. The summed E-state index contributed by atoms with van der Waals surface area (Å²) in [5, 5.41) is 12.2. The second-order valence-corrected chi connectivity index (χ2v) is 5.21. The molecule has 3 N–H and O–H groups in total. The van der Waals surface area contributed by atoms with E-state index in [-0.39, 0.29) is 11.8 Å². The molecule has 2 rings (SSSR count). The third-order valence-corrected chi connectivity index (χ3v) is 3.74. The maximum atomic E-state index is 9.03. The fourth-order valence-corrected chi connectivity index (χ4v) is 2.43. The summed E-state index contributed by atoms with van der Waals surface area (Å²) in [7, 11) is 1.71. The van der Waals surface area contributed by atoms with Crippen molar-refractivity contribution in [3.8, 4) is 0 Å². The number of hydrogen-bond donors (Lipinski definition) is 2. The van der Waals surface area contributed by atoms with Gasteiger partial charge in [-0.25, -0.2) is 0 Å². The van der Waals surface area contributed by atoms with Gasteiger partial charge in [-0.15, -0.1) is 0 Å². The molecule has 0 radical (unpaired) electrons. The second kappa shape index (κ2) is 7.26. The molecule has 0 amide bonds. The minimum absolute atomic E-state index is 0.0846. The first-order valence-corrected chi connectivity index (χ1v) is 7.01. The van der Waals surface area contributed by atoms with Crippen molar-refractivity contribution in [1.29, 1.82) is 0 Å². The molecule has 1 atom stereocenters. The monoisotopic (exact) mass is 277 g/mol. The minimum Gasteiger partial charge on any atom is -0.409 e. The molecule has 1 aliphatic rings. The highest BCUT2D eigenvalue weighted by atomic mass is 16.5. The first-order chi connectivity index (χ1) is 9.76. The van der Waals surface area contributed by atoms with E-state index >= 15 is 0 Å². The third kappa shape index (κ3) is 3.95. The van der Waals surface area contributed by atoms with Crippen LogP contribution < -0.4 is 5.73 Å². The molecule has 1 aliphatic carbocycles. The molecule has 0 saturated heterocycles. The fourth-order valence-electron chi connectivity index (χ4n) is 2.43. The van der Waals surface area contributed by atoms with Crippen LogP contribution in [0.25, 0.3) is 0 Å². The Balaban J connectivity index is 2.10. The van der Waals surface area contributed by atoms with Gasteiger partial charge < -0.3 is 15.7 Å². The molecular formula is C15H23N3O2. The van der Waals surface area contributed by atoms with Gasteiger partial charge in [0.2, 0.25) is 0 Å². The lowest BCUT2D eigenvalue weighted by molar-refractivity contribution is 0.142. The molecule has 1 aromatic carbocycles. The van der Waals surface area contributed by atoms with Gasteiger partial charge in [0.1, 0.15) is 5.84 Å². The van der Waals surface area contributed by atoms with Gasteiger partial charge in [-0.1, -0.05) is 35.5 Å². The van der Waals surface area contributed by atoms with Crippen LogP contribution in [0.4, 0.5) is 0 Å². The van der Waals surface area contributed by atoms with Crippen molar-refractivity contribution >= 4 is 5.84 Å². The van der Waals surface area contributed by atoms with Crippen LogP contribution in [0.2, 0.25) is 0 Å². The maximum Gasteiger partial charge on any atom is 0.147 e. The third-order valence-electron chi connectivity index (χ3n) is 3.74. The van der Waals surface area contributed by atoms with Gasteiger partial charge in [0.15, 0.2) is 0 Å². The van der Waals surface area contributed by atoms with Crippen LogP contribution in [0, 0.1) is 0 Å².